The van der Waals surface area contributed by atoms with Crippen LogP contribution in [-0.2, 0) is 19.6 Å². The maximum absolute atomic E-state index is 11.4. The molecule has 0 aliphatic carbocycles. The van der Waals surface area contributed by atoms with Crippen molar-refractivity contribution in [2.45, 2.75) is 38.9 Å². The largest absolute Gasteiger partial charge is 0.454 e. The SMILES string of the molecule is C=CC(=O)OC(CC)c1ccccc1C(C)(C)O[Si]. The molecule has 1 aromatic carbocycles. The Hall–Kier alpha value is -1.39. The minimum atomic E-state index is -0.512. The van der Waals surface area contributed by atoms with E-state index in [-0.39, 0.29) is 6.10 Å². The first kappa shape index (κ1) is 15.7. The molecule has 1 atom stereocenters. The third-order valence-corrected chi connectivity index (χ3v) is 3.52. The zero-order valence-electron chi connectivity index (χ0n) is 11.6. The number of hydrogen-bond acceptors (Lipinski definition) is 3. The third-order valence-electron chi connectivity index (χ3n) is 3.01. The lowest BCUT2D eigenvalue weighted by Crippen LogP contribution is -2.24. The van der Waals surface area contributed by atoms with Crippen LogP contribution in [0.2, 0.25) is 0 Å². The Bertz CT molecular complexity index is 454. The minimum Gasteiger partial charge on any atom is -0.454 e. The summed E-state index contributed by atoms with van der Waals surface area (Å²) in [6, 6.07) is 7.79. The maximum Gasteiger partial charge on any atom is 0.330 e. The van der Waals surface area contributed by atoms with Gasteiger partial charge in [0.1, 0.15) is 6.10 Å². The summed E-state index contributed by atoms with van der Waals surface area (Å²) in [6.07, 6.45) is 1.56. The molecule has 1 unspecified atom stereocenters. The van der Waals surface area contributed by atoms with E-state index in [4.69, 9.17) is 9.16 Å². The van der Waals surface area contributed by atoms with Gasteiger partial charge >= 0.3 is 5.97 Å². The van der Waals surface area contributed by atoms with Gasteiger partial charge in [-0.1, -0.05) is 37.8 Å². The fourth-order valence-corrected chi connectivity index (χ4v) is 2.05. The summed E-state index contributed by atoms with van der Waals surface area (Å²) in [5.41, 5.74) is 1.42. The van der Waals surface area contributed by atoms with Crippen molar-refractivity contribution in [3.8, 4) is 0 Å². The van der Waals surface area contributed by atoms with E-state index < -0.39 is 11.6 Å². The summed E-state index contributed by atoms with van der Waals surface area (Å²) in [6.45, 7) is 9.28. The monoisotopic (exact) mass is 275 g/mol. The van der Waals surface area contributed by atoms with Crippen molar-refractivity contribution in [1.82, 2.24) is 0 Å². The van der Waals surface area contributed by atoms with Gasteiger partial charge in [0, 0.05) is 6.08 Å². The van der Waals surface area contributed by atoms with Gasteiger partial charge in [-0.3, -0.25) is 0 Å². The summed E-state index contributed by atoms with van der Waals surface area (Å²) < 4.78 is 10.7. The van der Waals surface area contributed by atoms with Gasteiger partial charge in [-0.25, -0.2) is 4.79 Å². The van der Waals surface area contributed by atoms with Crippen LogP contribution in [0.1, 0.15) is 44.4 Å². The first-order valence-electron chi connectivity index (χ1n) is 6.23. The third kappa shape index (κ3) is 3.78. The summed E-state index contributed by atoms with van der Waals surface area (Å²) in [5.74, 6) is -0.418. The zero-order chi connectivity index (χ0) is 14.5. The topological polar surface area (TPSA) is 35.5 Å². The Morgan fingerprint density at radius 2 is 2.11 bits per heavy atom. The molecule has 101 valence electrons. The van der Waals surface area contributed by atoms with E-state index in [1.165, 1.54) is 6.08 Å². The van der Waals surface area contributed by atoms with Crippen molar-refractivity contribution in [2.24, 2.45) is 0 Å². The average Bonchev–Trinajstić information content (AvgIpc) is 2.44. The predicted molar refractivity (Wildman–Crippen MR) is 75.6 cm³/mol. The Morgan fingerprint density at radius 1 is 1.47 bits per heavy atom. The van der Waals surface area contributed by atoms with Crippen molar-refractivity contribution in [3.63, 3.8) is 0 Å². The number of carbonyl (C=O) groups excluding carboxylic acids is 1. The molecule has 0 spiro atoms. The molecule has 0 N–H and O–H groups in total. The normalized spacial score (nSPS) is 12.8. The Balaban J connectivity index is 3.17. The molecule has 0 aromatic heterocycles. The highest BCUT2D eigenvalue weighted by Crippen LogP contribution is 2.33. The van der Waals surface area contributed by atoms with E-state index >= 15 is 0 Å². The van der Waals surface area contributed by atoms with Gasteiger partial charge in [0.25, 0.3) is 0 Å². The van der Waals surface area contributed by atoms with Crippen molar-refractivity contribution in [3.05, 3.63) is 48.0 Å². The number of benzene rings is 1. The highest BCUT2D eigenvalue weighted by molar-refractivity contribution is 5.98. The minimum absolute atomic E-state index is 0.303. The quantitative estimate of drug-likeness (QED) is 0.454. The zero-order valence-corrected chi connectivity index (χ0v) is 12.6. The lowest BCUT2D eigenvalue weighted by atomic mass is 9.90. The molecule has 0 amide bonds. The van der Waals surface area contributed by atoms with Crippen molar-refractivity contribution < 1.29 is 14.0 Å². The lowest BCUT2D eigenvalue weighted by Gasteiger charge is -2.29. The molecule has 1 rings (SSSR count). The van der Waals surface area contributed by atoms with Crippen molar-refractivity contribution >= 4 is 16.5 Å². The van der Waals surface area contributed by atoms with Crippen LogP contribution in [0.3, 0.4) is 0 Å². The Morgan fingerprint density at radius 3 is 2.63 bits per heavy atom. The van der Waals surface area contributed by atoms with Gasteiger partial charge in [0.15, 0.2) is 0 Å². The highest BCUT2D eigenvalue weighted by atomic mass is 28.2. The van der Waals surface area contributed by atoms with E-state index in [0.29, 0.717) is 6.42 Å². The van der Waals surface area contributed by atoms with Crippen LogP contribution in [0.15, 0.2) is 36.9 Å². The van der Waals surface area contributed by atoms with Crippen LogP contribution in [0.25, 0.3) is 0 Å². The smallest absolute Gasteiger partial charge is 0.330 e. The van der Waals surface area contributed by atoms with E-state index in [1.807, 2.05) is 45.0 Å². The summed E-state index contributed by atoms with van der Waals surface area (Å²) in [7, 11) is 3.10. The molecular formula is C15H19O3Si. The fraction of sp³-hybridized carbons (Fsp3) is 0.400. The average molecular weight is 275 g/mol. The molecule has 3 radical (unpaired) electrons. The molecule has 0 aliphatic heterocycles. The second kappa shape index (κ2) is 6.68. The van der Waals surface area contributed by atoms with E-state index in [9.17, 15) is 4.79 Å². The molecule has 0 bridgehead atoms. The van der Waals surface area contributed by atoms with Crippen LogP contribution in [0.4, 0.5) is 0 Å². The van der Waals surface area contributed by atoms with Crippen LogP contribution in [-0.4, -0.2) is 16.5 Å². The molecule has 0 fully saturated rings. The number of carbonyl (C=O) groups is 1. The van der Waals surface area contributed by atoms with Gasteiger partial charge in [-0.2, -0.15) is 0 Å². The molecule has 19 heavy (non-hydrogen) atoms. The number of rotatable bonds is 6. The van der Waals surface area contributed by atoms with Crippen molar-refractivity contribution in [1.29, 1.82) is 0 Å². The first-order chi connectivity index (χ1) is 8.96. The molecule has 3 nitrogen and oxygen atoms in total. The fourth-order valence-electron chi connectivity index (χ4n) is 1.94. The molecule has 0 aliphatic rings. The summed E-state index contributed by atoms with van der Waals surface area (Å²) in [5, 5.41) is 0. The van der Waals surface area contributed by atoms with Crippen LogP contribution >= 0.6 is 0 Å². The van der Waals surface area contributed by atoms with Crippen LogP contribution in [0, 0.1) is 0 Å². The lowest BCUT2D eigenvalue weighted by molar-refractivity contribution is -0.143. The van der Waals surface area contributed by atoms with Gasteiger partial charge < -0.3 is 9.16 Å². The molecule has 0 saturated heterocycles. The molecule has 4 heteroatoms. The van der Waals surface area contributed by atoms with Gasteiger partial charge in [-0.05, 0) is 31.4 Å². The van der Waals surface area contributed by atoms with Crippen LogP contribution in [0.5, 0.6) is 0 Å². The van der Waals surface area contributed by atoms with Gasteiger partial charge in [0.05, 0.1) is 5.60 Å². The van der Waals surface area contributed by atoms with Gasteiger partial charge in [-0.15, -0.1) is 0 Å². The van der Waals surface area contributed by atoms with Crippen molar-refractivity contribution in [2.75, 3.05) is 0 Å². The Kier molecular flexibility index (Phi) is 5.51. The molecule has 1 aromatic rings. The highest BCUT2D eigenvalue weighted by Gasteiger charge is 2.26. The second-order valence-corrected chi connectivity index (χ2v) is 4.94. The van der Waals surface area contributed by atoms with E-state index in [2.05, 4.69) is 17.1 Å². The first-order valence-corrected chi connectivity index (χ1v) is 6.64. The molecule has 0 heterocycles. The number of hydrogen-bond donors (Lipinski definition) is 0. The predicted octanol–water partition coefficient (Wildman–Crippen LogP) is 3.20. The van der Waals surface area contributed by atoms with Crippen LogP contribution < -0.4 is 0 Å². The second-order valence-electron chi connectivity index (χ2n) is 4.74. The summed E-state index contributed by atoms with van der Waals surface area (Å²) >= 11 is 0. The molecule has 0 saturated carbocycles. The maximum atomic E-state index is 11.4. The summed E-state index contributed by atoms with van der Waals surface area (Å²) in [4.78, 5) is 11.4. The van der Waals surface area contributed by atoms with Gasteiger partial charge in [0.2, 0.25) is 10.5 Å². The molecular weight excluding hydrogens is 256 g/mol. The van der Waals surface area contributed by atoms with E-state index in [1.54, 1.807) is 0 Å². The number of ether oxygens (including phenoxy) is 1. The Labute approximate surface area is 118 Å². The van der Waals surface area contributed by atoms with E-state index in [0.717, 1.165) is 11.1 Å². The number of esters is 1. The standard InChI is InChI=1S/C15H19O3Si/c1-5-13(17-14(16)6-2)11-9-7-8-10-12(11)15(3,4)18-19/h6-10,13H,2,5H2,1,3-4H3.